The van der Waals surface area contributed by atoms with Crippen LogP contribution in [0.2, 0.25) is 0 Å². The smallest absolute Gasteiger partial charge is 0.416 e. The van der Waals surface area contributed by atoms with Crippen LogP contribution < -0.4 is 0 Å². The van der Waals surface area contributed by atoms with Crippen LogP contribution in [0, 0.1) is 0 Å². The molecule has 7 heteroatoms. The Morgan fingerprint density at radius 2 is 1.62 bits per heavy atom. The Morgan fingerprint density at radius 3 is 2.19 bits per heavy atom. The molecule has 2 aromatic carbocycles. The van der Waals surface area contributed by atoms with E-state index >= 15 is 0 Å². The van der Waals surface area contributed by atoms with E-state index in [1.54, 1.807) is 24.5 Å². The first-order valence-electron chi connectivity index (χ1n) is 7.81. The topological polar surface area (TPSA) is 55.1 Å². The highest BCUT2D eigenvalue weighted by Gasteiger charge is 2.29. The van der Waals surface area contributed by atoms with Gasteiger partial charge in [-0.2, -0.15) is 13.2 Å². The van der Waals surface area contributed by atoms with E-state index in [9.17, 15) is 18.0 Å². The van der Waals surface area contributed by atoms with Gasteiger partial charge in [-0.05, 0) is 35.4 Å². The van der Waals surface area contributed by atoms with Crippen molar-refractivity contribution < 1.29 is 23.1 Å². The van der Waals surface area contributed by atoms with Crippen molar-refractivity contribution >= 4 is 5.97 Å². The maximum atomic E-state index is 12.6. The number of carbonyl (C=O) groups is 1. The summed E-state index contributed by atoms with van der Waals surface area (Å²) in [6, 6.07) is 11.5. The summed E-state index contributed by atoms with van der Waals surface area (Å²) in [6.07, 6.45) is -0.535. The average Bonchev–Trinajstić information content (AvgIpc) is 3.02. The Morgan fingerprint density at radius 1 is 1.00 bits per heavy atom. The number of halogens is 3. The maximum absolute atomic E-state index is 12.6. The zero-order valence-electron chi connectivity index (χ0n) is 13.6. The summed E-state index contributed by atoms with van der Waals surface area (Å²) in [5.41, 5.74) is 1.17. The number of rotatable bonds is 5. The molecule has 0 saturated heterocycles. The minimum absolute atomic E-state index is 0.212. The van der Waals surface area contributed by atoms with E-state index in [2.05, 4.69) is 4.98 Å². The van der Waals surface area contributed by atoms with Gasteiger partial charge in [0.2, 0.25) is 0 Å². The first-order chi connectivity index (χ1) is 12.3. The Bertz CT molecular complexity index is 898. The molecule has 1 heterocycles. The summed E-state index contributed by atoms with van der Waals surface area (Å²) < 4.78 is 39.8. The molecule has 0 atom stereocenters. The lowest BCUT2D eigenvalue weighted by molar-refractivity contribution is -0.137. The Balaban J connectivity index is 1.73. The zero-order valence-corrected chi connectivity index (χ0v) is 13.6. The van der Waals surface area contributed by atoms with E-state index in [0.29, 0.717) is 18.8 Å². The molecule has 0 amide bonds. The molecular weight excluding hydrogens is 345 g/mol. The van der Waals surface area contributed by atoms with E-state index in [0.717, 1.165) is 23.3 Å². The fraction of sp³-hybridized carbons (Fsp3) is 0.158. The van der Waals surface area contributed by atoms with Crippen molar-refractivity contribution in [3.8, 4) is 0 Å². The van der Waals surface area contributed by atoms with Gasteiger partial charge in [0.1, 0.15) is 5.82 Å². The minimum atomic E-state index is -4.35. The van der Waals surface area contributed by atoms with E-state index in [4.69, 9.17) is 5.11 Å². The van der Waals surface area contributed by atoms with Crippen LogP contribution in [-0.2, 0) is 19.1 Å². The highest BCUT2D eigenvalue weighted by Crippen LogP contribution is 2.29. The minimum Gasteiger partial charge on any atom is -0.478 e. The number of nitrogens with zero attached hydrogens (tertiary/aromatic N) is 2. The van der Waals surface area contributed by atoms with Gasteiger partial charge in [0.25, 0.3) is 0 Å². The number of hydrogen-bond acceptors (Lipinski definition) is 2. The first-order valence-corrected chi connectivity index (χ1v) is 7.81. The van der Waals surface area contributed by atoms with Crippen LogP contribution in [0.5, 0.6) is 0 Å². The predicted molar refractivity (Wildman–Crippen MR) is 89.0 cm³/mol. The lowest BCUT2D eigenvalue weighted by Crippen LogP contribution is -2.07. The van der Waals surface area contributed by atoms with Crippen LogP contribution in [-0.4, -0.2) is 20.6 Å². The normalized spacial score (nSPS) is 11.5. The van der Waals surface area contributed by atoms with Crippen molar-refractivity contribution in [2.45, 2.75) is 19.1 Å². The van der Waals surface area contributed by atoms with Gasteiger partial charge in [-0.15, -0.1) is 0 Å². The molecular formula is C19H15F3N2O2. The number of hydrogen-bond donors (Lipinski definition) is 1. The third kappa shape index (κ3) is 4.11. The molecule has 1 aromatic heterocycles. The molecule has 0 spiro atoms. The monoisotopic (exact) mass is 360 g/mol. The number of carboxylic acids is 1. The van der Waals surface area contributed by atoms with Gasteiger partial charge in [-0.1, -0.05) is 24.3 Å². The number of benzene rings is 2. The van der Waals surface area contributed by atoms with Crippen LogP contribution in [0.15, 0.2) is 60.9 Å². The van der Waals surface area contributed by atoms with Crippen molar-refractivity contribution in [3.05, 3.63) is 89.0 Å². The zero-order chi connectivity index (χ0) is 18.7. The standard InChI is InChI=1S/C19H15F3N2O2/c20-19(21,22)16-7-3-13(4-8-16)11-17-23-9-10-24(17)12-14-1-5-15(6-2-14)18(25)26/h1-10H,11-12H2,(H,25,26). The number of imidazole rings is 1. The molecule has 0 fully saturated rings. The van der Waals surface area contributed by atoms with E-state index < -0.39 is 17.7 Å². The fourth-order valence-electron chi connectivity index (χ4n) is 2.59. The van der Waals surface area contributed by atoms with Crippen LogP contribution >= 0.6 is 0 Å². The summed E-state index contributed by atoms with van der Waals surface area (Å²) >= 11 is 0. The van der Waals surface area contributed by atoms with Crippen LogP contribution in [0.4, 0.5) is 13.2 Å². The molecule has 26 heavy (non-hydrogen) atoms. The fourth-order valence-corrected chi connectivity index (χ4v) is 2.59. The van der Waals surface area contributed by atoms with Crippen molar-refractivity contribution in [2.75, 3.05) is 0 Å². The van der Waals surface area contributed by atoms with E-state index in [1.807, 2.05) is 4.57 Å². The number of aromatic nitrogens is 2. The van der Waals surface area contributed by atoms with Gasteiger partial charge >= 0.3 is 12.1 Å². The molecule has 0 radical (unpaired) electrons. The summed E-state index contributed by atoms with van der Waals surface area (Å²) in [5, 5.41) is 8.92. The largest absolute Gasteiger partial charge is 0.478 e. The molecule has 3 aromatic rings. The molecule has 3 rings (SSSR count). The van der Waals surface area contributed by atoms with Gasteiger partial charge in [0, 0.05) is 25.4 Å². The third-order valence-electron chi connectivity index (χ3n) is 4.00. The number of alkyl halides is 3. The molecule has 0 aliphatic heterocycles. The Hall–Kier alpha value is -3.09. The SMILES string of the molecule is O=C(O)c1ccc(Cn2ccnc2Cc2ccc(C(F)(F)F)cc2)cc1. The summed E-state index contributed by atoms with van der Waals surface area (Å²) in [7, 11) is 0. The van der Waals surface area contributed by atoms with Crippen molar-refractivity contribution in [1.29, 1.82) is 0 Å². The van der Waals surface area contributed by atoms with E-state index in [1.165, 1.54) is 24.3 Å². The lowest BCUT2D eigenvalue weighted by Gasteiger charge is -2.10. The van der Waals surface area contributed by atoms with E-state index in [-0.39, 0.29) is 5.56 Å². The number of carboxylic acid groups (broad SMARTS) is 1. The molecule has 134 valence electrons. The van der Waals surface area contributed by atoms with Crippen LogP contribution in [0.1, 0.15) is 32.9 Å². The second-order valence-electron chi connectivity index (χ2n) is 5.84. The molecule has 0 unspecified atom stereocenters. The third-order valence-corrected chi connectivity index (χ3v) is 4.00. The van der Waals surface area contributed by atoms with Gasteiger partial charge in [-0.25, -0.2) is 9.78 Å². The van der Waals surface area contributed by atoms with Crippen molar-refractivity contribution in [1.82, 2.24) is 9.55 Å². The van der Waals surface area contributed by atoms with Crippen LogP contribution in [0.3, 0.4) is 0 Å². The molecule has 0 bridgehead atoms. The lowest BCUT2D eigenvalue weighted by atomic mass is 10.1. The average molecular weight is 360 g/mol. The second-order valence-corrected chi connectivity index (χ2v) is 5.84. The van der Waals surface area contributed by atoms with Crippen molar-refractivity contribution in [3.63, 3.8) is 0 Å². The summed E-state index contributed by atoms with van der Waals surface area (Å²) in [4.78, 5) is 15.2. The molecule has 0 saturated carbocycles. The quantitative estimate of drug-likeness (QED) is 0.740. The molecule has 0 aliphatic carbocycles. The first kappa shape index (κ1) is 17.7. The van der Waals surface area contributed by atoms with Crippen molar-refractivity contribution in [2.24, 2.45) is 0 Å². The van der Waals surface area contributed by atoms with Crippen LogP contribution in [0.25, 0.3) is 0 Å². The predicted octanol–water partition coefficient (Wildman–Crippen LogP) is 4.24. The summed E-state index contributed by atoms with van der Waals surface area (Å²) in [5.74, 6) is -0.269. The maximum Gasteiger partial charge on any atom is 0.416 e. The van der Waals surface area contributed by atoms with Gasteiger partial charge in [-0.3, -0.25) is 0 Å². The van der Waals surface area contributed by atoms with Gasteiger partial charge < -0.3 is 9.67 Å². The van der Waals surface area contributed by atoms with Gasteiger partial charge in [0.05, 0.1) is 11.1 Å². The Labute approximate surface area is 147 Å². The number of aromatic carboxylic acids is 1. The molecule has 4 nitrogen and oxygen atoms in total. The second kappa shape index (κ2) is 7.03. The highest BCUT2D eigenvalue weighted by molar-refractivity contribution is 5.87. The molecule has 1 N–H and O–H groups in total. The highest BCUT2D eigenvalue weighted by atomic mass is 19.4. The van der Waals surface area contributed by atoms with Gasteiger partial charge in [0.15, 0.2) is 0 Å². The molecule has 0 aliphatic rings. The Kier molecular flexibility index (Phi) is 4.79. The summed E-state index contributed by atoms with van der Waals surface area (Å²) in [6.45, 7) is 0.496.